The molecule has 136 valence electrons. The van der Waals surface area contributed by atoms with Crippen LogP contribution in [0.3, 0.4) is 0 Å². The molecule has 2 fully saturated rings. The van der Waals surface area contributed by atoms with Gasteiger partial charge in [-0.3, -0.25) is 4.79 Å². The smallest absolute Gasteiger partial charge is 0.331 e. The van der Waals surface area contributed by atoms with Crippen LogP contribution in [0.1, 0.15) is 52.9 Å². The number of carbonyl (C=O) groups excluding carboxylic acids is 1. The molecule has 3 rings (SSSR count). The Labute approximate surface area is 148 Å². The molecule has 0 spiro atoms. The van der Waals surface area contributed by atoms with Gasteiger partial charge >= 0.3 is 11.9 Å². The van der Waals surface area contributed by atoms with Crippen molar-refractivity contribution in [1.82, 2.24) is 0 Å². The second-order valence-corrected chi connectivity index (χ2v) is 7.94. The van der Waals surface area contributed by atoms with Crippen LogP contribution in [0, 0.1) is 11.3 Å². The quantitative estimate of drug-likeness (QED) is 0.355. The van der Waals surface area contributed by atoms with E-state index in [0.717, 1.165) is 12.8 Å². The summed E-state index contributed by atoms with van der Waals surface area (Å²) in [7, 11) is 0. The van der Waals surface area contributed by atoms with E-state index in [1.165, 1.54) is 18.6 Å². The molecular formula is C20H26O5. The third-order valence-corrected chi connectivity index (χ3v) is 6.47. The molecule has 5 nitrogen and oxygen atoms in total. The van der Waals surface area contributed by atoms with E-state index in [4.69, 9.17) is 9.84 Å². The molecule has 5 heteroatoms. The zero-order valence-electron chi connectivity index (χ0n) is 15.0. The van der Waals surface area contributed by atoms with Crippen LogP contribution in [0.25, 0.3) is 0 Å². The molecule has 0 aromatic heterocycles. The molecule has 2 N–H and O–H groups in total. The SMILES string of the molecule is CC1=CC[C@@]23CC[C@H]([C@@](C)(/C=C/C=C(\C)C(=O)O)OC2=O)[C@@]3(O)CC1. The van der Waals surface area contributed by atoms with Crippen molar-refractivity contribution in [1.29, 1.82) is 0 Å². The van der Waals surface area contributed by atoms with Crippen molar-refractivity contribution in [3.63, 3.8) is 0 Å². The Morgan fingerprint density at radius 2 is 2.12 bits per heavy atom. The Bertz CT molecular complexity index is 703. The van der Waals surface area contributed by atoms with Gasteiger partial charge in [0, 0.05) is 11.5 Å². The number of hydrogen-bond donors (Lipinski definition) is 2. The molecule has 1 saturated carbocycles. The first-order valence-electron chi connectivity index (χ1n) is 8.85. The minimum atomic E-state index is -1.08. The number of allylic oxidation sites excluding steroid dienone is 4. The molecule has 3 aliphatic rings. The predicted molar refractivity (Wildman–Crippen MR) is 92.7 cm³/mol. The average molecular weight is 346 g/mol. The summed E-state index contributed by atoms with van der Waals surface area (Å²) in [6, 6.07) is 0. The summed E-state index contributed by atoms with van der Waals surface area (Å²) < 4.78 is 5.83. The van der Waals surface area contributed by atoms with Crippen LogP contribution < -0.4 is 0 Å². The van der Waals surface area contributed by atoms with Crippen molar-refractivity contribution < 1.29 is 24.5 Å². The van der Waals surface area contributed by atoms with Gasteiger partial charge in [-0.15, -0.1) is 0 Å². The number of hydrogen-bond acceptors (Lipinski definition) is 4. The van der Waals surface area contributed by atoms with Gasteiger partial charge in [0.05, 0.1) is 5.60 Å². The fourth-order valence-electron chi connectivity index (χ4n) is 4.81. The molecule has 1 aliphatic heterocycles. The molecule has 0 aromatic rings. The maximum Gasteiger partial charge on any atom is 0.331 e. The molecule has 0 aromatic carbocycles. The lowest BCUT2D eigenvalue weighted by atomic mass is 9.62. The number of esters is 1. The van der Waals surface area contributed by atoms with E-state index in [9.17, 15) is 14.7 Å². The summed E-state index contributed by atoms with van der Waals surface area (Å²) in [6.07, 6.45) is 10.1. The lowest BCUT2D eigenvalue weighted by molar-refractivity contribution is -0.224. The molecule has 0 amide bonds. The Kier molecular flexibility index (Phi) is 4.18. The standard InChI is InChI=1S/C20H26O5/c1-13-6-10-19-11-8-15(20(19,24)12-7-13)18(3,25-17(19)23)9-4-5-14(2)16(21)22/h4-6,9,15,24H,7-8,10-12H2,1-3H3,(H,21,22)/b9-4+,14-5+/t15-,18-,19-,20+/m1/s1. The van der Waals surface area contributed by atoms with E-state index in [0.29, 0.717) is 19.3 Å². The Balaban J connectivity index is 1.97. The normalized spacial score (nSPS) is 41.1. The molecular weight excluding hydrogens is 320 g/mol. The Hall–Kier alpha value is -1.88. The zero-order valence-corrected chi connectivity index (χ0v) is 15.0. The Morgan fingerprint density at radius 1 is 1.40 bits per heavy atom. The maximum absolute atomic E-state index is 12.9. The number of carboxylic acids is 1. The second-order valence-electron chi connectivity index (χ2n) is 7.94. The van der Waals surface area contributed by atoms with Gasteiger partial charge in [-0.05, 0) is 59.0 Å². The minimum absolute atomic E-state index is 0.188. The fourth-order valence-corrected chi connectivity index (χ4v) is 4.81. The van der Waals surface area contributed by atoms with Crippen LogP contribution in [0.4, 0.5) is 0 Å². The highest BCUT2D eigenvalue weighted by Crippen LogP contribution is 2.63. The molecule has 1 heterocycles. The van der Waals surface area contributed by atoms with E-state index in [2.05, 4.69) is 6.08 Å². The summed E-state index contributed by atoms with van der Waals surface area (Å²) in [5.41, 5.74) is -1.44. The van der Waals surface area contributed by atoms with Crippen LogP contribution in [0.2, 0.25) is 0 Å². The first-order valence-corrected chi connectivity index (χ1v) is 8.85. The highest BCUT2D eigenvalue weighted by molar-refractivity contribution is 5.86. The number of carboxylic acid groups (broad SMARTS) is 1. The third-order valence-electron chi connectivity index (χ3n) is 6.47. The van der Waals surface area contributed by atoms with Crippen molar-refractivity contribution in [3.05, 3.63) is 35.5 Å². The summed E-state index contributed by atoms with van der Waals surface area (Å²) in [5.74, 6) is -1.51. The first-order chi connectivity index (χ1) is 11.6. The van der Waals surface area contributed by atoms with E-state index >= 15 is 0 Å². The first kappa shape index (κ1) is 17.9. The number of cyclic esters (lactones) is 1. The minimum Gasteiger partial charge on any atom is -0.478 e. The monoisotopic (exact) mass is 346 g/mol. The topological polar surface area (TPSA) is 83.8 Å². The van der Waals surface area contributed by atoms with Crippen molar-refractivity contribution in [2.75, 3.05) is 0 Å². The fraction of sp³-hybridized carbons (Fsp3) is 0.600. The van der Waals surface area contributed by atoms with Crippen molar-refractivity contribution in [2.24, 2.45) is 11.3 Å². The largest absolute Gasteiger partial charge is 0.478 e. The van der Waals surface area contributed by atoms with Crippen molar-refractivity contribution >= 4 is 11.9 Å². The van der Waals surface area contributed by atoms with Gasteiger partial charge < -0.3 is 14.9 Å². The maximum atomic E-state index is 12.9. The van der Waals surface area contributed by atoms with Gasteiger partial charge in [0.1, 0.15) is 11.0 Å². The highest BCUT2D eigenvalue weighted by atomic mass is 16.6. The number of ether oxygens (including phenoxy) is 1. The molecule has 4 atom stereocenters. The van der Waals surface area contributed by atoms with Crippen LogP contribution in [-0.4, -0.2) is 33.4 Å². The molecule has 2 bridgehead atoms. The Morgan fingerprint density at radius 3 is 2.80 bits per heavy atom. The van der Waals surface area contributed by atoms with Gasteiger partial charge in [0.15, 0.2) is 0 Å². The average Bonchev–Trinajstić information content (AvgIpc) is 2.69. The van der Waals surface area contributed by atoms with Gasteiger partial charge in [0.2, 0.25) is 0 Å². The second kappa shape index (κ2) is 5.84. The van der Waals surface area contributed by atoms with E-state index in [1.54, 1.807) is 12.2 Å². The summed E-state index contributed by atoms with van der Waals surface area (Å²) in [5, 5.41) is 20.6. The van der Waals surface area contributed by atoms with Crippen LogP contribution in [-0.2, 0) is 14.3 Å². The molecule has 0 unspecified atom stereocenters. The van der Waals surface area contributed by atoms with E-state index in [1.807, 2.05) is 13.8 Å². The lowest BCUT2D eigenvalue weighted by Gasteiger charge is -2.52. The molecule has 2 aliphatic carbocycles. The summed E-state index contributed by atoms with van der Waals surface area (Å²) in [6.45, 7) is 5.36. The van der Waals surface area contributed by atoms with Crippen LogP contribution >= 0.6 is 0 Å². The summed E-state index contributed by atoms with van der Waals surface area (Å²) in [4.78, 5) is 23.9. The third kappa shape index (κ3) is 2.56. The predicted octanol–water partition coefficient (Wildman–Crippen LogP) is 3.15. The van der Waals surface area contributed by atoms with Crippen LogP contribution in [0.15, 0.2) is 35.5 Å². The molecule has 1 saturated heterocycles. The number of aliphatic carboxylic acids is 1. The van der Waals surface area contributed by atoms with Gasteiger partial charge in [-0.2, -0.15) is 0 Å². The van der Waals surface area contributed by atoms with Gasteiger partial charge in [0.25, 0.3) is 0 Å². The van der Waals surface area contributed by atoms with Crippen molar-refractivity contribution in [2.45, 2.75) is 64.1 Å². The zero-order chi connectivity index (χ0) is 18.5. The number of carbonyl (C=O) groups is 2. The summed E-state index contributed by atoms with van der Waals surface area (Å²) >= 11 is 0. The van der Waals surface area contributed by atoms with E-state index < -0.39 is 22.6 Å². The van der Waals surface area contributed by atoms with Crippen LogP contribution in [0.5, 0.6) is 0 Å². The highest BCUT2D eigenvalue weighted by Gasteiger charge is 2.71. The molecule has 0 radical (unpaired) electrons. The number of aliphatic hydroxyl groups is 1. The molecule has 25 heavy (non-hydrogen) atoms. The van der Waals surface area contributed by atoms with Crippen molar-refractivity contribution in [3.8, 4) is 0 Å². The van der Waals surface area contributed by atoms with Gasteiger partial charge in [-0.25, -0.2) is 4.79 Å². The van der Waals surface area contributed by atoms with Gasteiger partial charge in [-0.1, -0.05) is 23.8 Å². The number of rotatable bonds is 3. The van der Waals surface area contributed by atoms with E-state index in [-0.39, 0.29) is 17.5 Å². The lowest BCUT2D eigenvalue weighted by Crippen LogP contribution is -2.63.